The van der Waals surface area contributed by atoms with Crippen molar-refractivity contribution in [2.45, 2.75) is 26.4 Å². The Labute approximate surface area is 205 Å². The van der Waals surface area contributed by atoms with Gasteiger partial charge in [-0.1, -0.05) is 19.1 Å². The Hall–Kier alpha value is -3.52. The number of nitrogens with zero attached hydrogens (tertiary/aromatic N) is 3. The highest BCUT2D eigenvalue weighted by atomic mass is 19.3. The van der Waals surface area contributed by atoms with Crippen LogP contribution in [0.1, 0.15) is 25.0 Å². The average molecular weight is 483 g/mol. The maximum Gasteiger partial charge on any atom is 0.394 e. The van der Waals surface area contributed by atoms with Crippen LogP contribution in [0.4, 0.5) is 20.3 Å². The van der Waals surface area contributed by atoms with Gasteiger partial charge in [-0.25, -0.2) is 4.98 Å². The fourth-order valence-corrected chi connectivity index (χ4v) is 3.52. The van der Waals surface area contributed by atoms with Gasteiger partial charge in [-0.2, -0.15) is 8.78 Å². The number of likely N-dealkylation sites (N-methyl/N-ethyl adjacent to an activating group) is 2. The van der Waals surface area contributed by atoms with E-state index in [0.29, 0.717) is 18.2 Å². The third kappa shape index (κ3) is 7.75. The van der Waals surface area contributed by atoms with Crippen LogP contribution < -0.4 is 15.0 Å². The lowest BCUT2D eigenvalue weighted by atomic mass is 10.1. The van der Waals surface area contributed by atoms with E-state index in [0.717, 1.165) is 41.8 Å². The van der Waals surface area contributed by atoms with Gasteiger partial charge < -0.3 is 19.9 Å². The third-order valence-corrected chi connectivity index (χ3v) is 5.41. The van der Waals surface area contributed by atoms with E-state index in [1.54, 1.807) is 18.2 Å². The van der Waals surface area contributed by atoms with E-state index in [-0.39, 0.29) is 11.7 Å². The Kier molecular flexibility index (Phi) is 8.40. The number of pyridine rings is 1. The van der Waals surface area contributed by atoms with Crippen LogP contribution in [0.3, 0.4) is 0 Å². The average Bonchev–Trinajstić information content (AvgIpc) is 2.80. The maximum atomic E-state index is 12.9. The van der Waals surface area contributed by atoms with Gasteiger partial charge in [-0.15, -0.1) is 0 Å². The van der Waals surface area contributed by atoms with Gasteiger partial charge in [0.05, 0.1) is 5.52 Å². The van der Waals surface area contributed by atoms with Crippen molar-refractivity contribution < 1.29 is 18.3 Å². The first-order valence-electron chi connectivity index (χ1n) is 11.5. The molecule has 186 valence electrons. The van der Waals surface area contributed by atoms with Crippen molar-refractivity contribution in [1.29, 1.82) is 0 Å². The number of benzene rings is 2. The molecule has 0 bridgehead atoms. The van der Waals surface area contributed by atoms with Gasteiger partial charge in [0.15, 0.2) is 0 Å². The molecule has 0 saturated carbocycles. The monoisotopic (exact) mass is 482 g/mol. The van der Waals surface area contributed by atoms with Gasteiger partial charge in [0.2, 0.25) is 5.91 Å². The van der Waals surface area contributed by atoms with E-state index >= 15 is 0 Å². The molecule has 1 aromatic heterocycles. The Morgan fingerprint density at radius 1 is 1.09 bits per heavy atom. The molecule has 0 aliphatic carbocycles. The van der Waals surface area contributed by atoms with E-state index < -0.39 is 6.11 Å². The van der Waals surface area contributed by atoms with Crippen molar-refractivity contribution in [3.05, 3.63) is 65.7 Å². The molecule has 35 heavy (non-hydrogen) atoms. The van der Waals surface area contributed by atoms with Gasteiger partial charge >= 0.3 is 6.11 Å². The van der Waals surface area contributed by atoms with Crippen LogP contribution >= 0.6 is 0 Å². The molecule has 0 atom stereocenters. The maximum absolute atomic E-state index is 12.9. The Balaban J connectivity index is 1.70. The van der Waals surface area contributed by atoms with Crippen molar-refractivity contribution in [3.8, 4) is 5.75 Å². The number of ether oxygens (including phenoxy) is 1. The predicted octanol–water partition coefficient (Wildman–Crippen LogP) is 5.44. The molecule has 1 N–H and O–H groups in total. The van der Waals surface area contributed by atoms with E-state index in [9.17, 15) is 13.6 Å². The smallest absolute Gasteiger partial charge is 0.394 e. The summed E-state index contributed by atoms with van der Waals surface area (Å²) in [7, 11) is 6.13. The Morgan fingerprint density at radius 3 is 2.43 bits per heavy atom. The molecule has 6 nitrogen and oxygen atoms in total. The van der Waals surface area contributed by atoms with Crippen LogP contribution in [0, 0.1) is 0 Å². The van der Waals surface area contributed by atoms with Gasteiger partial charge in [-0.05, 0) is 74.1 Å². The number of hydrogen-bond acceptors (Lipinski definition) is 5. The molecule has 0 aliphatic heterocycles. The van der Waals surface area contributed by atoms with Crippen molar-refractivity contribution in [1.82, 2.24) is 9.88 Å². The number of amides is 1. The highest BCUT2D eigenvalue weighted by Crippen LogP contribution is 2.26. The second-order valence-corrected chi connectivity index (χ2v) is 8.75. The lowest BCUT2D eigenvalue weighted by Gasteiger charge is -2.22. The second kappa shape index (κ2) is 11.3. The van der Waals surface area contributed by atoms with E-state index in [4.69, 9.17) is 4.98 Å². The van der Waals surface area contributed by atoms with E-state index in [2.05, 4.69) is 32.8 Å². The zero-order chi connectivity index (χ0) is 25.6. The number of nitrogens with one attached hydrogen (secondary N) is 1. The van der Waals surface area contributed by atoms with Gasteiger partial charge in [0.25, 0.3) is 0 Å². The lowest BCUT2D eigenvalue weighted by Crippen LogP contribution is -2.29. The number of carbonyl (C=O) groups excluding carboxylic acids is 1. The lowest BCUT2D eigenvalue weighted by molar-refractivity contribution is -0.158. The highest BCUT2D eigenvalue weighted by Gasteiger charge is 2.22. The molecule has 0 radical (unpaired) electrons. The third-order valence-electron chi connectivity index (χ3n) is 5.41. The normalized spacial score (nSPS) is 11.9. The summed E-state index contributed by atoms with van der Waals surface area (Å²) in [5, 5.41) is 3.88. The summed E-state index contributed by atoms with van der Waals surface area (Å²) in [5.74, 6) is 0.688. The number of hydrogen-bond donors (Lipinski definition) is 1. The molecule has 2 aromatic carbocycles. The summed E-state index contributed by atoms with van der Waals surface area (Å²) >= 11 is 0. The molecule has 0 unspecified atom stereocenters. The van der Waals surface area contributed by atoms with Crippen LogP contribution in [0.15, 0.2) is 54.6 Å². The van der Waals surface area contributed by atoms with Crippen LogP contribution in [0.25, 0.3) is 17.0 Å². The Morgan fingerprint density at radius 2 is 1.80 bits per heavy atom. The van der Waals surface area contributed by atoms with E-state index in [1.807, 2.05) is 39.3 Å². The zero-order valence-electron chi connectivity index (χ0n) is 20.8. The molecule has 0 saturated heterocycles. The molecule has 3 aromatic rings. The fraction of sp³-hybridized carbons (Fsp3) is 0.333. The number of aryl methyl sites for hydroxylation is 1. The van der Waals surface area contributed by atoms with Crippen LogP contribution in [-0.4, -0.2) is 56.1 Å². The standard InChI is InChI=1S/C27H32F2N4O2/c1-6-20-17-25(33(5)16-15-32(3)4)31-24-13-10-21(18-23(20)24)30-26(34)14-9-19-7-11-22(12-8-19)35-27(2,28)29/h7-14,17-18H,6,15-16H2,1-5H3,(H,30,34)/b14-9+. The first-order valence-corrected chi connectivity index (χ1v) is 11.5. The SMILES string of the molecule is CCc1cc(N(C)CCN(C)C)nc2ccc(NC(=O)/C=C/c3ccc(OC(C)(F)F)cc3)cc12. The molecule has 0 fully saturated rings. The van der Waals surface area contributed by atoms with Crippen LogP contribution in [0.5, 0.6) is 5.75 Å². The minimum Gasteiger partial charge on any atom is -0.433 e. The number of anilines is 2. The minimum absolute atomic E-state index is 0.0580. The largest absolute Gasteiger partial charge is 0.433 e. The molecular weight excluding hydrogens is 450 g/mol. The van der Waals surface area contributed by atoms with Crippen molar-refractivity contribution in [2.24, 2.45) is 0 Å². The zero-order valence-corrected chi connectivity index (χ0v) is 20.8. The van der Waals surface area contributed by atoms with E-state index in [1.165, 1.54) is 18.2 Å². The topological polar surface area (TPSA) is 57.7 Å². The van der Waals surface area contributed by atoms with Gasteiger partial charge in [0, 0.05) is 44.2 Å². The van der Waals surface area contributed by atoms with Crippen molar-refractivity contribution >= 4 is 34.4 Å². The number of rotatable bonds is 10. The van der Waals surface area contributed by atoms with Crippen molar-refractivity contribution in [2.75, 3.05) is 44.4 Å². The van der Waals surface area contributed by atoms with Crippen molar-refractivity contribution in [3.63, 3.8) is 0 Å². The summed E-state index contributed by atoms with van der Waals surface area (Å²) in [6.07, 6.45) is 0.609. The quantitative estimate of drug-likeness (QED) is 0.390. The Bertz CT molecular complexity index is 1190. The molecule has 1 heterocycles. The number of aromatic nitrogens is 1. The minimum atomic E-state index is -3.24. The summed E-state index contributed by atoms with van der Waals surface area (Å²) in [6, 6.07) is 13.9. The highest BCUT2D eigenvalue weighted by molar-refractivity contribution is 6.03. The van der Waals surface area contributed by atoms with Gasteiger partial charge in [-0.3, -0.25) is 4.79 Å². The number of halogens is 2. The molecule has 0 aliphatic rings. The molecule has 8 heteroatoms. The van der Waals surface area contributed by atoms with Crippen LogP contribution in [-0.2, 0) is 11.2 Å². The fourth-order valence-electron chi connectivity index (χ4n) is 3.52. The summed E-state index contributed by atoms with van der Waals surface area (Å²) in [6.45, 7) is 4.59. The molecular formula is C27H32F2N4O2. The first kappa shape index (κ1) is 26.1. The number of carbonyl (C=O) groups is 1. The second-order valence-electron chi connectivity index (χ2n) is 8.75. The summed E-state index contributed by atoms with van der Waals surface area (Å²) in [5.41, 5.74) is 3.40. The molecule has 3 rings (SSSR count). The first-order chi connectivity index (χ1) is 16.5. The van der Waals surface area contributed by atoms with Gasteiger partial charge in [0.1, 0.15) is 11.6 Å². The number of alkyl halides is 2. The molecule has 1 amide bonds. The summed E-state index contributed by atoms with van der Waals surface area (Å²) < 4.78 is 30.4. The van der Waals surface area contributed by atoms with Crippen LogP contribution in [0.2, 0.25) is 0 Å². The summed E-state index contributed by atoms with van der Waals surface area (Å²) in [4.78, 5) is 21.5. The molecule has 0 spiro atoms. The predicted molar refractivity (Wildman–Crippen MR) is 138 cm³/mol. The number of fused-ring (bicyclic) bond motifs is 1.